The van der Waals surface area contributed by atoms with Crippen LogP contribution in [-0.4, -0.2) is 72.0 Å². The highest BCUT2D eigenvalue weighted by Crippen LogP contribution is 2.52. The number of carbonyl (C=O) groups excluding carboxylic acids is 1. The van der Waals surface area contributed by atoms with Crippen LogP contribution in [0, 0.1) is 5.41 Å². The van der Waals surface area contributed by atoms with Crippen LogP contribution in [0.3, 0.4) is 0 Å². The number of carbonyl (C=O) groups is 1. The molecule has 1 saturated carbocycles. The maximum absolute atomic E-state index is 11.8. The molecule has 1 aromatic carbocycles. The van der Waals surface area contributed by atoms with Gasteiger partial charge in [-0.05, 0) is 55.4 Å². The molecular formula is C24H33N5O3S. The summed E-state index contributed by atoms with van der Waals surface area (Å²) in [5.41, 5.74) is 2.54. The van der Waals surface area contributed by atoms with Crippen molar-refractivity contribution in [2.75, 3.05) is 37.8 Å². The van der Waals surface area contributed by atoms with Gasteiger partial charge in [0, 0.05) is 50.7 Å². The predicted molar refractivity (Wildman–Crippen MR) is 128 cm³/mol. The molecule has 0 bridgehead atoms. The molecule has 3 heterocycles. The Morgan fingerprint density at radius 1 is 1.15 bits per heavy atom. The summed E-state index contributed by atoms with van der Waals surface area (Å²) in [4.78, 5) is 23.3. The highest BCUT2D eigenvalue weighted by molar-refractivity contribution is 7.88. The van der Waals surface area contributed by atoms with Crippen LogP contribution < -0.4 is 5.32 Å². The van der Waals surface area contributed by atoms with E-state index in [0.717, 1.165) is 62.5 Å². The van der Waals surface area contributed by atoms with E-state index >= 15 is 0 Å². The summed E-state index contributed by atoms with van der Waals surface area (Å²) < 4.78 is 25.1. The fraction of sp³-hybridized carbons (Fsp3) is 0.625. The minimum absolute atomic E-state index is 0.165. The van der Waals surface area contributed by atoms with Crippen molar-refractivity contribution in [1.82, 2.24) is 19.2 Å². The van der Waals surface area contributed by atoms with Gasteiger partial charge in [-0.3, -0.25) is 4.79 Å². The molecule has 1 aromatic heterocycles. The Labute approximate surface area is 195 Å². The zero-order valence-electron chi connectivity index (χ0n) is 19.5. The SMILES string of the molecule is CC(=O)N1CCC2(CCC(c3cccc4cnc(NC5CCN(S(C)(=O)=O)CC5)nc34)C2)C1. The fourth-order valence-electron chi connectivity index (χ4n) is 6.04. The van der Waals surface area contributed by atoms with E-state index in [4.69, 9.17) is 4.98 Å². The number of benzene rings is 1. The Kier molecular flexibility index (Phi) is 5.81. The first-order valence-electron chi connectivity index (χ1n) is 12.0. The molecule has 8 nitrogen and oxygen atoms in total. The van der Waals surface area contributed by atoms with E-state index in [9.17, 15) is 13.2 Å². The van der Waals surface area contributed by atoms with Crippen LogP contribution in [0.5, 0.6) is 0 Å². The number of aromatic nitrogens is 2. The standard InChI is InChI=1S/C24H33N5O3S/c1-17(30)28-13-10-24(16-28)9-6-18(14-24)21-5-3-4-19-15-25-23(27-22(19)21)26-20-7-11-29(12-8-20)33(2,31)32/h3-5,15,18,20H,6-14,16H2,1-2H3,(H,25,26,27). The van der Waals surface area contributed by atoms with Crippen molar-refractivity contribution >= 4 is 32.8 Å². The summed E-state index contributed by atoms with van der Waals surface area (Å²) in [6.07, 6.45) is 9.13. The number of piperidine rings is 1. The van der Waals surface area contributed by atoms with Crippen LogP contribution in [0.25, 0.3) is 10.9 Å². The second kappa shape index (κ2) is 8.51. The highest BCUT2D eigenvalue weighted by Gasteiger charge is 2.45. The molecule has 2 atom stereocenters. The van der Waals surface area contributed by atoms with Crippen LogP contribution in [0.1, 0.15) is 56.9 Å². The smallest absolute Gasteiger partial charge is 0.223 e. The van der Waals surface area contributed by atoms with E-state index in [1.807, 2.05) is 11.1 Å². The van der Waals surface area contributed by atoms with E-state index in [1.165, 1.54) is 16.1 Å². The molecule has 1 aliphatic carbocycles. The van der Waals surface area contributed by atoms with Gasteiger partial charge >= 0.3 is 0 Å². The van der Waals surface area contributed by atoms with Gasteiger partial charge in [-0.1, -0.05) is 18.2 Å². The summed E-state index contributed by atoms with van der Waals surface area (Å²) in [7, 11) is -3.13. The number of sulfonamides is 1. The van der Waals surface area contributed by atoms with Crippen molar-refractivity contribution in [2.45, 2.75) is 57.4 Å². The van der Waals surface area contributed by atoms with Crippen molar-refractivity contribution in [3.8, 4) is 0 Å². The second-order valence-corrected chi connectivity index (χ2v) is 12.2. The summed E-state index contributed by atoms with van der Waals surface area (Å²) in [6.45, 7) is 4.49. The lowest BCUT2D eigenvalue weighted by molar-refractivity contribution is -0.128. The first-order valence-corrected chi connectivity index (χ1v) is 13.8. The van der Waals surface area contributed by atoms with Crippen molar-refractivity contribution in [3.05, 3.63) is 30.0 Å². The molecule has 5 rings (SSSR count). The molecule has 1 N–H and O–H groups in total. The highest BCUT2D eigenvalue weighted by atomic mass is 32.2. The van der Waals surface area contributed by atoms with E-state index in [2.05, 4.69) is 28.5 Å². The van der Waals surface area contributed by atoms with Crippen molar-refractivity contribution in [2.24, 2.45) is 5.41 Å². The lowest BCUT2D eigenvalue weighted by Gasteiger charge is -2.30. The summed E-state index contributed by atoms with van der Waals surface area (Å²) >= 11 is 0. The number of fused-ring (bicyclic) bond motifs is 1. The Balaban J connectivity index is 1.32. The van der Waals surface area contributed by atoms with Crippen molar-refractivity contribution in [1.29, 1.82) is 0 Å². The van der Waals surface area contributed by atoms with E-state index in [1.54, 1.807) is 6.92 Å². The lowest BCUT2D eigenvalue weighted by atomic mass is 9.83. The predicted octanol–water partition coefficient (Wildman–Crippen LogP) is 2.97. The van der Waals surface area contributed by atoms with Gasteiger partial charge in [0.2, 0.25) is 21.9 Å². The van der Waals surface area contributed by atoms with Crippen molar-refractivity contribution < 1.29 is 13.2 Å². The Morgan fingerprint density at radius 3 is 2.64 bits per heavy atom. The molecule has 178 valence electrons. The average molecular weight is 472 g/mol. The molecule has 3 fully saturated rings. The Hall–Kier alpha value is -2.26. The molecule has 2 aromatic rings. The largest absolute Gasteiger partial charge is 0.351 e. The lowest BCUT2D eigenvalue weighted by Crippen LogP contribution is -2.42. The number of para-hydroxylation sites is 1. The molecule has 1 spiro atoms. The molecular weight excluding hydrogens is 438 g/mol. The first kappa shape index (κ1) is 22.5. The van der Waals surface area contributed by atoms with Gasteiger partial charge in [0.1, 0.15) is 0 Å². The molecule has 2 aliphatic heterocycles. The zero-order valence-corrected chi connectivity index (χ0v) is 20.3. The van der Waals surface area contributed by atoms with Gasteiger partial charge in [-0.2, -0.15) is 0 Å². The van der Waals surface area contributed by atoms with Gasteiger partial charge in [0.05, 0.1) is 11.8 Å². The molecule has 2 saturated heterocycles. The first-order chi connectivity index (χ1) is 15.7. The van der Waals surface area contributed by atoms with E-state index < -0.39 is 10.0 Å². The Morgan fingerprint density at radius 2 is 1.94 bits per heavy atom. The maximum atomic E-state index is 11.8. The summed E-state index contributed by atoms with van der Waals surface area (Å²) in [5.74, 6) is 1.25. The molecule has 9 heteroatoms. The fourth-order valence-corrected chi connectivity index (χ4v) is 6.91. The number of rotatable bonds is 4. The van der Waals surface area contributed by atoms with Crippen molar-refractivity contribution in [3.63, 3.8) is 0 Å². The molecule has 2 unspecified atom stereocenters. The van der Waals surface area contributed by atoms with Gasteiger partial charge in [-0.15, -0.1) is 0 Å². The number of anilines is 1. The third kappa shape index (κ3) is 4.57. The molecule has 0 radical (unpaired) electrons. The average Bonchev–Trinajstić information content (AvgIpc) is 3.40. The van der Waals surface area contributed by atoms with Crippen LogP contribution in [0.15, 0.2) is 24.4 Å². The zero-order chi connectivity index (χ0) is 23.2. The summed E-state index contributed by atoms with van der Waals surface area (Å²) in [5, 5.41) is 4.49. The minimum Gasteiger partial charge on any atom is -0.351 e. The third-order valence-electron chi connectivity index (χ3n) is 7.92. The van der Waals surface area contributed by atoms with Gasteiger partial charge in [0.25, 0.3) is 0 Å². The molecule has 3 aliphatic rings. The van der Waals surface area contributed by atoms with E-state index in [-0.39, 0.29) is 17.4 Å². The van der Waals surface area contributed by atoms with Gasteiger partial charge < -0.3 is 10.2 Å². The maximum Gasteiger partial charge on any atom is 0.223 e. The number of hydrogen-bond donors (Lipinski definition) is 1. The molecule has 33 heavy (non-hydrogen) atoms. The van der Waals surface area contributed by atoms with Gasteiger partial charge in [0.15, 0.2) is 0 Å². The van der Waals surface area contributed by atoms with E-state index in [0.29, 0.717) is 25.0 Å². The van der Waals surface area contributed by atoms with Crippen LogP contribution >= 0.6 is 0 Å². The topological polar surface area (TPSA) is 95.5 Å². The monoisotopic (exact) mass is 471 g/mol. The van der Waals surface area contributed by atoms with Crippen LogP contribution in [0.2, 0.25) is 0 Å². The normalized spacial score (nSPS) is 27.0. The van der Waals surface area contributed by atoms with Crippen LogP contribution in [0.4, 0.5) is 5.95 Å². The van der Waals surface area contributed by atoms with Gasteiger partial charge in [-0.25, -0.2) is 22.7 Å². The number of nitrogens with zero attached hydrogens (tertiary/aromatic N) is 4. The number of likely N-dealkylation sites (tertiary alicyclic amines) is 1. The number of hydrogen-bond acceptors (Lipinski definition) is 6. The summed E-state index contributed by atoms with van der Waals surface area (Å²) in [6, 6.07) is 6.52. The Bertz CT molecular complexity index is 1160. The minimum atomic E-state index is -3.13. The second-order valence-electron chi connectivity index (χ2n) is 10.2. The number of nitrogens with one attached hydrogen (secondary N) is 1. The molecule has 1 amide bonds. The third-order valence-corrected chi connectivity index (χ3v) is 9.23. The van der Waals surface area contributed by atoms with Crippen LogP contribution in [-0.2, 0) is 14.8 Å². The quantitative estimate of drug-likeness (QED) is 0.737. The number of amides is 1.